The second kappa shape index (κ2) is 4.35. The van der Waals surface area contributed by atoms with Crippen molar-refractivity contribution in [3.05, 3.63) is 0 Å². The van der Waals surface area contributed by atoms with Crippen LogP contribution in [0, 0.1) is 5.41 Å². The van der Waals surface area contributed by atoms with Crippen LogP contribution in [-0.2, 0) is 9.53 Å². The molecule has 14 heavy (non-hydrogen) atoms. The molecule has 0 aromatic heterocycles. The Bertz CT molecular complexity index is 227. The Morgan fingerprint density at radius 3 is 2.50 bits per heavy atom. The summed E-state index contributed by atoms with van der Waals surface area (Å²) in [6, 6.07) is 0. The van der Waals surface area contributed by atoms with E-state index in [1.807, 2.05) is 0 Å². The van der Waals surface area contributed by atoms with Gasteiger partial charge in [0.15, 0.2) is 0 Å². The van der Waals surface area contributed by atoms with Gasteiger partial charge in [0, 0.05) is 4.43 Å². The van der Waals surface area contributed by atoms with Crippen molar-refractivity contribution < 1.29 is 14.6 Å². The molecule has 0 radical (unpaired) electrons. The summed E-state index contributed by atoms with van der Waals surface area (Å²) in [5, 5.41) is 10.3. The van der Waals surface area contributed by atoms with Gasteiger partial charge >= 0.3 is 5.97 Å². The van der Waals surface area contributed by atoms with E-state index in [2.05, 4.69) is 22.6 Å². The van der Waals surface area contributed by atoms with Gasteiger partial charge in [-0.05, 0) is 19.8 Å². The number of methoxy groups -OCH3 is 1. The molecule has 0 unspecified atom stereocenters. The van der Waals surface area contributed by atoms with Gasteiger partial charge in [-0.1, -0.05) is 35.4 Å². The molecule has 0 saturated heterocycles. The van der Waals surface area contributed by atoms with E-state index in [0.29, 0.717) is 10.8 Å². The summed E-state index contributed by atoms with van der Waals surface area (Å²) in [5.74, 6) is -0.267. The van der Waals surface area contributed by atoms with E-state index < -0.39 is 11.0 Å². The summed E-state index contributed by atoms with van der Waals surface area (Å²) in [6.07, 6.45) is 3.40. The fourth-order valence-corrected chi connectivity index (χ4v) is 3.70. The van der Waals surface area contributed by atoms with Crippen LogP contribution in [0.25, 0.3) is 0 Å². The third kappa shape index (κ3) is 1.78. The number of rotatable bonds is 2. The molecule has 2 atom stereocenters. The molecule has 1 aliphatic rings. The fourth-order valence-electron chi connectivity index (χ4n) is 2.19. The van der Waals surface area contributed by atoms with E-state index in [1.165, 1.54) is 7.11 Å². The monoisotopic (exact) mass is 312 g/mol. The first-order valence-corrected chi connectivity index (χ1v) is 6.39. The predicted molar refractivity (Wildman–Crippen MR) is 62.4 cm³/mol. The molecule has 0 aromatic carbocycles. The van der Waals surface area contributed by atoms with Crippen molar-refractivity contribution in [1.29, 1.82) is 0 Å². The number of esters is 1. The van der Waals surface area contributed by atoms with E-state index in [4.69, 9.17) is 4.74 Å². The summed E-state index contributed by atoms with van der Waals surface area (Å²) >= 11 is 2.16. The number of aliphatic hydroxyl groups is 1. The van der Waals surface area contributed by atoms with Crippen molar-refractivity contribution in [2.24, 2.45) is 5.41 Å². The van der Waals surface area contributed by atoms with E-state index >= 15 is 0 Å². The van der Waals surface area contributed by atoms with Gasteiger partial charge in [-0.3, -0.25) is 4.79 Å². The molecule has 82 valence electrons. The van der Waals surface area contributed by atoms with Crippen LogP contribution in [0.2, 0.25) is 0 Å². The highest BCUT2D eigenvalue weighted by Gasteiger charge is 2.54. The molecule has 1 fully saturated rings. The average Bonchev–Trinajstić information content (AvgIpc) is 2.16. The second-order valence-electron chi connectivity index (χ2n) is 4.19. The lowest BCUT2D eigenvalue weighted by Crippen LogP contribution is -2.55. The van der Waals surface area contributed by atoms with Crippen LogP contribution in [0.5, 0.6) is 0 Å². The molecular weight excluding hydrogens is 295 g/mol. The minimum Gasteiger partial charge on any atom is -0.468 e. The van der Waals surface area contributed by atoms with E-state index in [-0.39, 0.29) is 5.97 Å². The molecule has 4 heteroatoms. The molecule has 1 rings (SSSR count). The smallest absolute Gasteiger partial charge is 0.315 e. The molecule has 0 heterocycles. The van der Waals surface area contributed by atoms with Crippen LogP contribution in [0.1, 0.15) is 32.6 Å². The first-order valence-electron chi connectivity index (χ1n) is 4.87. The molecule has 0 bridgehead atoms. The summed E-state index contributed by atoms with van der Waals surface area (Å²) in [6.45, 7) is 1.75. The minimum atomic E-state index is -0.917. The predicted octanol–water partition coefficient (Wildman–Crippen LogP) is 1.91. The van der Waals surface area contributed by atoms with Crippen LogP contribution in [0.15, 0.2) is 0 Å². The first-order chi connectivity index (χ1) is 6.50. The number of halogens is 1. The van der Waals surface area contributed by atoms with Crippen LogP contribution in [0.3, 0.4) is 0 Å². The number of hydrogen-bond donors (Lipinski definition) is 1. The Morgan fingerprint density at radius 2 is 2.07 bits per heavy atom. The number of ether oxygens (including phenoxy) is 1. The standard InChI is InChI=1S/C10H17IO3/c1-9(13)5-3-4-6-10(9,7-11)8(12)14-2/h13H,3-7H2,1-2H3/t9-,10+/m1/s1. The largest absolute Gasteiger partial charge is 0.468 e. The second-order valence-corrected chi connectivity index (χ2v) is 4.95. The third-order valence-electron chi connectivity index (χ3n) is 3.35. The number of carbonyl (C=O) groups excluding carboxylic acids is 1. The van der Waals surface area contributed by atoms with Crippen molar-refractivity contribution in [3.8, 4) is 0 Å². The highest BCUT2D eigenvalue weighted by Crippen LogP contribution is 2.46. The van der Waals surface area contributed by atoms with Gasteiger partial charge in [-0.2, -0.15) is 0 Å². The maximum atomic E-state index is 11.7. The topological polar surface area (TPSA) is 46.5 Å². The van der Waals surface area contributed by atoms with Gasteiger partial charge in [-0.25, -0.2) is 0 Å². The zero-order chi connectivity index (χ0) is 10.8. The van der Waals surface area contributed by atoms with Gasteiger partial charge < -0.3 is 9.84 Å². The maximum Gasteiger partial charge on any atom is 0.315 e. The third-order valence-corrected chi connectivity index (χ3v) is 4.65. The number of hydrogen-bond acceptors (Lipinski definition) is 3. The first kappa shape index (κ1) is 12.2. The Balaban J connectivity index is 3.00. The van der Waals surface area contributed by atoms with Gasteiger partial charge in [0.05, 0.1) is 12.7 Å². The van der Waals surface area contributed by atoms with Crippen LogP contribution in [0.4, 0.5) is 0 Å². The van der Waals surface area contributed by atoms with E-state index in [9.17, 15) is 9.90 Å². The summed E-state index contributed by atoms with van der Waals surface area (Å²) < 4.78 is 5.43. The van der Waals surface area contributed by atoms with Crippen molar-refractivity contribution in [2.45, 2.75) is 38.2 Å². The summed E-state index contributed by atoms with van der Waals surface area (Å²) in [7, 11) is 1.39. The maximum absolute atomic E-state index is 11.7. The number of carbonyl (C=O) groups is 1. The average molecular weight is 312 g/mol. The molecule has 3 nitrogen and oxygen atoms in total. The lowest BCUT2D eigenvalue weighted by molar-refractivity contribution is -0.173. The van der Waals surface area contributed by atoms with Crippen molar-refractivity contribution in [3.63, 3.8) is 0 Å². The Kier molecular flexibility index (Phi) is 3.80. The van der Waals surface area contributed by atoms with Crippen LogP contribution >= 0.6 is 22.6 Å². The highest BCUT2D eigenvalue weighted by atomic mass is 127. The van der Waals surface area contributed by atoms with Crippen molar-refractivity contribution in [1.82, 2.24) is 0 Å². The zero-order valence-electron chi connectivity index (χ0n) is 8.68. The lowest BCUT2D eigenvalue weighted by Gasteiger charge is -2.45. The van der Waals surface area contributed by atoms with Crippen molar-refractivity contribution >= 4 is 28.6 Å². The molecule has 0 aliphatic heterocycles. The van der Waals surface area contributed by atoms with Crippen LogP contribution < -0.4 is 0 Å². The lowest BCUT2D eigenvalue weighted by atomic mass is 9.65. The highest BCUT2D eigenvalue weighted by molar-refractivity contribution is 14.1. The molecular formula is C10H17IO3. The number of alkyl halides is 1. The molecule has 1 aliphatic carbocycles. The van der Waals surface area contributed by atoms with Crippen LogP contribution in [-0.4, -0.2) is 28.2 Å². The van der Waals surface area contributed by atoms with Gasteiger partial charge in [0.25, 0.3) is 0 Å². The Morgan fingerprint density at radius 1 is 1.50 bits per heavy atom. The Labute approximate surface area is 98.3 Å². The van der Waals surface area contributed by atoms with Gasteiger partial charge in [0.1, 0.15) is 5.41 Å². The molecule has 0 spiro atoms. The van der Waals surface area contributed by atoms with E-state index in [1.54, 1.807) is 6.92 Å². The minimum absolute atomic E-state index is 0.267. The van der Waals surface area contributed by atoms with Gasteiger partial charge in [0.2, 0.25) is 0 Å². The molecule has 1 saturated carbocycles. The summed E-state index contributed by atoms with van der Waals surface area (Å²) in [4.78, 5) is 11.7. The zero-order valence-corrected chi connectivity index (χ0v) is 10.8. The normalized spacial score (nSPS) is 38.0. The van der Waals surface area contributed by atoms with E-state index in [0.717, 1.165) is 19.3 Å². The molecule has 0 aromatic rings. The van der Waals surface area contributed by atoms with Crippen molar-refractivity contribution in [2.75, 3.05) is 11.5 Å². The van der Waals surface area contributed by atoms with Gasteiger partial charge in [-0.15, -0.1) is 0 Å². The Hall–Kier alpha value is 0.160. The SMILES string of the molecule is COC(=O)[C@@]1(CI)CCCC[C@@]1(C)O. The quantitative estimate of drug-likeness (QED) is 0.481. The molecule has 1 N–H and O–H groups in total. The molecule has 0 amide bonds. The summed E-state index contributed by atoms with van der Waals surface area (Å²) in [5.41, 5.74) is -1.61. The fraction of sp³-hybridized carbons (Fsp3) is 0.900.